The minimum atomic E-state index is -3.81. The monoisotopic (exact) mass is 400 g/mol. The van der Waals surface area contributed by atoms with E-state index in [0.29, 0.717) is 40.9 Å². The van der Waals surface area contributed by atoms with Gasteiger partial charge < -0.3 is 4.74 Å². The number of para-hydroxylation sites is 1. The van der Waals surface area contributed by atoms with E-state index >= 15 is 0 Å². The topological polar surface area (TPSA) is 72.0 Å². The van der Waals surface area contributed by atoms with Crippen molar-refractivity contribution in [1.29, 1.82) is 0 Å². The molecule has 27 heavy (non-hydrogen) atoms. The number of aromatic amines is 1. The molecule has 1 aromatic heterocycles. The second-order valence-electron chi connectivity index (χ2n) is 6.08. The summed E-state index contributed by atoms with van der Waals surface area (Å²) in [7, 11) is -3.81. The molecule has 3 aromatic carbocycles. The van der Waals surface area contributed by atoms with E-state index in [9.17, 15) is 8.42 Å². The van der Waals surface area contributed by atoms with E-state index in [1.54, 1.807) is 36.4 Å². The van der Waals surface area contributed by atoms with Gasteiger partial charge >= 0.3 is 0 Å². The first-order valence-corrected chi connectivity index (χ1v) is 10.5. The number of alkyl halides is 1. The van der Waals surface area contributed by atoms with Crippen molar-refractivity contribution in [3.8, 4) is 5.75 Å². The molecule has 0 saturated carbocycles. The van der Waals surface area contributed by atoms with Crippen LogP contribution in [0.25, 0.3) is 21.7 Å². The van der Waals surface area contributed by atoms with E-state index in [0.717, 1.165) is 5.39 Å². The number of hydrogen-bond acceptors (Lipinski definition) is 4. The number of aromatic nitrogens is 2. The van der Waals surface area contributed by atoms with Crippen molar-refractivity contribution in [2.24, 2.45) is 0 Å². The molecule has 0 unspecified atom stereocenters. The van der Waals surface area contributed by atoms with Crippen LogP contribution in [0.4, 0.5) is 0 Å². The fourth-order valence-corrected chi connectivity index (χ4v) is 4.76. The molecule has 4 aromatic rings. The van der Waals surface area contributed by atoms with E-state index in [1.165, 1.54) is 0 Å². The molecule has 7 heteroatoms. The lowest BCUT2D eigenvalue weighted by Crippen LogP contribution is -2.04. The van der Waals surface area contributed by atoms with Gasteiger partial charge in [0.1, 0.15) is 11.3 Å². The number of nitrogens with one attached hydrogen (secondary N) is 1. The molecular weight excluding hydrogens is 384 g/mol. The number of halogens is 1. The van der Waals surface area contributed by atoms with Crippen LogP contribution in [-0.4, -0.2) is 31.1 Å². The Morgan fingerprint density at radius 3 is 2.56 bits per heavy atom. The number of benzene rings is 3. The molecule has 0 saturated heterocycles. The van der Waals surface area contributed by atoms with Crippen molar-refractivity contribution < 1.29 is 13.2 Å². The quantitative estimate of drug-likeness (QED) is 0.380. The zero-order valence-electron chi connectivity index (χ0n) is 14.4. The first-order valence-electron chi connectivity index (χ1n) is 8.51. The molecule has 1 N–H and O–H groups in total. The van der Waals surface area contributed by atoms with Crippen molar-refractivity contribution in [2.45, 2.75) is 16.3 Å². The van der Waals surface area contributed by atoms with Crippen LogP contribution in [0.2, 0.25) is 0 Å². The summed E-state index contributed by atoms with van der Waals surface area (Å²) in [6, 6.07) is 17.9. The minimum absolute atomic E-state index is 0.00311. The number of sulfone groups is 1. The maximum absolute atomic E-state index is 13.4. The van der Waals surface area contributed by atoms with Crippen molar-refractivity contribution in [1.82, 2.24) is 10.2 Å². The zero-order valence-corrected chi connectivity index (χ0v) is 15.9. The molecular formula is C20H17ClN2O3S. The second kappa shape index (κ2) is 7.21. The van der Waals surface area contributed by atoms with Gasteiger partial charge in [-0.15, -0.1) is 11.6 Å². The zero-order chi connectivity index (χ0) is 18.9. The molecule has 0 spiro atoms. The summed E-state index contributed by atoms with van der Waals surface area (Å²) in [5.74, 6) is 1.06. The largest absolute Gasteiger partial charge is 0.491 e. The summed E-state index contributed by atoms with van der Waals surface area (Å²) in [5.41, 5.74) is 0.561. The molecule has 0 aliphatic carbocycles. The third kappa shape index (κ3) is 3.15. The molecule has 0 radical (unpaired) electrons. The van der Waals surface area contributed by atoms with Crippen molar-refractivity contribution in [3.05, 3.63) is 60.7 Å². The Labute approximate surface area is 161 Å². The van der Waals surface area contributed by atoms with Gasteiger partial charge in [0.2, 0.25) is 9.84 Å². The average molecular weight is 401 g/mol. The standard InChI is InChI=1S/C20H17ClN2O3S/c21-12-5-13-26-17-10-4-9-16-19(17)22-23-20(16)27(24,25)18-11-3-7-14-6-1-2-8-15(14)18/h1-4,6-11H,5,12-13H2,(H,22,23). The fourth-order valence-electron chi connectivity index (χ4n) is 3.09. The Morgan fingerprint density at radius 1 is 0.963 bits per heavy atom. The van der Waals surface area contributed by atoms with E-state index in [-0.39, 0.29) is 9.92 Å². The molecule has 0 atom stereocenters. The van der Waals surface area contributed by atoms with Crippen LogP contribution >= 0.6 is 11.6 Å². The number of nitrogens with zero attached hydrogens (tertiary/aromatic N) is 1. The molecule has 0 aliphatic rings. The van der Waals surface area contributed by atoms with E-state index < -0.39 is 9.84 Å². The summed E-state index contributed by atoms with van der Waals surface area (Å²) in [6.45, 7) is 0.451. The lowest BCUT2D eigenvalue weighted by Gasteiger charge is -2.07. The third-order valence-corrected chi connectivity index (χ3v) is 6.38. The number of rotatable bonds is 6. The van der Waals surface area contributed by atoms with Gasteiger partial charge in [0.15, 0.2) is 5.03 Å². The second-order valence-corrected chi connectivity index (χ2v) is 8.29. The van der Waals surface area contributed by atoms with Crippen molar-refractivity contribution in [2.75, 3.05) is 12.5 Å². The van der Waals surface area contributed by atoms with E-state index in [2.05, 4.69) is 10.2 Å². The highest BCUT2D eigenvalue weighted by Gasteiger charge is 2.26. The molecule has 0 amide bonds. The summed E-state index contributed by atoms with van der Waals surface area (Å²) in [5, 5.41) is 8.98. The van der Waals surface area contributed by atoms with Gasteiger partial charge in [-0.2, -0.15) is 5.10 Å². The smallest absolute Gasteiger partial charge is 0.226 e. The summed E-state index contributed by atoms with van der Waals surface area (Å²) >= 11 is 5.69. The number of ether oxygens (including phenoxy) is 1. The minimum Gasteiger partial charge on any atom is -0.491 e. The van der Waals surface area contributed by atoms with Crippen molar-refractivity contribution in [3.63, 3.8) is 0 Å². The Hall–Kier alpha value is -2.57. The summed E-state index contributed by atoms with van der Waals surface area (Å²) in [6.07, 6.45) is 0.702. The van der Waals surface area contributed by atoms with Crippen molar-refractivity contribution >= 4 is 43.1 Å². The maximum Gasteiger partial charge on any atom is 0.226 e. The molecule has 4 rings (SSSR count). The molecule has 0 fully saturated rings. The normalized spacial score (nSPS) is 11.9. The predicted octanol–water partition coefficient (Wildman–Crippen LogP) is 4.56. The highest BCUT2D eigenvalue weighted by Crippen LogP contribution is 2.33. The van der Waals surface area contributed by atoms with Crippen LogP contribution in [0.3, 0.4) is 0 Å². The highest BCUT2D eigenvalue weighted by molar-refractivity contribution is 7.91. The van der Waals surface area contributed by atoms with Gasteiger partial charge in [-0.25, -0.2) is 8.42 Å². The van der Waals surface area contributed by atoms with Crippen LogP contribution in [0.15, 0.2) is 70.6 Å². The predicted molar refractivity (Wildman–Crippen MR) is 106 cm³/mol. The first kappa shape index (κ1) is 17.8. The number of fused-ring (bicyclic) bond motifs is 2. The number of hydrogen-bond donors (Lipinski definition) is 1. The Balaban J connectivity index is 1.85. The fraction of sp³-hybridized carbons (Fsp3) is 0.150. The third-order valence-electron chi connectivity index (χ3n) is 4.36. The summed E-state index contributed by atoms with van der Waals surface area (Å²) in [4.78, 5) is 0.238. The van der Waals surface area contributed by atoms with Gasteiger partial charge in [-0.1, -0.05) is 42.5 Å². The van der Waals surface area contributed by atoms with Gasteiger partial charge in [0, 0.05) is 16.7 Å². The maximum atomic E-state index is 13.4. The van der Waals surface area contributed by atoms with E-state index in [1.807, 2.05) is 24.3 Å². The van der Waals surface area contributed by atoms with Crippen LogP contribution < -0.4 is 4.74 Å². The lowest BCUT2D eigenvalue weighted by atomic mass is 10.1. The van der Waals surface area contributed by atoms with Gasteiger partial charge in [-0.3, -0.25) is 5.10 Å². The lowest BCUT2D eigenvalue weighted by molar-refractivity contribution is 0.321. The molecule has 1 heterocycles. The summed E-state index contributed by atoms with van der Waals surface area (Å²) < 4.78 is 32.4. The van der Waals surface area contributed by atoms with Gasteiger partial charge in [0.25, 0.3) is 0 Å². The van der Waals surface area contributed by atoms with Gasteiger partial charge in [-0.05, 0) is 30.0 Å². The molecule has 0 aliphatic heterocycles. The van der Waals surface area contributed by atoms with Crippen LogP contribution in [0.1, 0.15) is 6.42 Å². The SMILES string of the molecule is O=S(=O)(c1cccc2ccccc12)c1n[nH]c2c(OCCCCl)cccc12. The molecule has 138 valence electrons. The first-order chi connectivity index (χ1) is 13.1. The highest BCUT2D eigenvalue weighted by atomic mass is 35.5. The van der Waals surface area contributed by atoms with Crippen LogP contribution in [0.5, 0.6) is 5.75 Å². The van der Waals surface area contributed by atoms with E-state index in [4.69, 9.17) is 16.3 Å². The Kier molecular flexibility index (Phi) is 4.76. The average Bonchev–Trinajstić information content (AvgIpc) is 3.13. The van der Waals surface area contributed by atoms with Crippen LogP contribution in [0, 0.1) is 0 Å². The Bertz CT molecular complexity index is 1210. The number of H-pyrrole nitrogens is 1. The molecule has 5 nitrogen and oxygen atoms in total. The molecule has 0 bridgehead atoms. The van der Waals surface area contributed by atoms with Crippen LogP contribution in [-0.2, 0) is 9.84 Å². The van der Waals surface area contributed by atoms with Gasteiger partial charge in [0.05, 0.1) is 11.5 Å². The Morgan fingerprint density at radius 2 is 1.70 bits per heavy atom.